The number of hydrogen-bond donors (Lipinski definition) is 3. The first kappa shape index (κ1) is 20.0. The van der Waals surface area contributed by atoms with Gasteiger partial charge >= 0.3 is 12.0 Å². The van der Waals surface area contributed by atoms with E-state index in [0.717, 1.165) is 42.6 Å². The van der Waals surface area contributed by atoms with Gasteiger partial charge in [0, 0.05) is 16.9 Å². The Morgan fingerprint density at radius 1 is 1.18 bits per heavy atom. The first-order chi connectivity index (χ1) is 13.4. The Kier molecular flexibility index (Phi) is 6.41. The molecular weight excluding hydrogens is 378 g/mol. The van der Waals surface area contributed by atoms with Crippen molar-refractivity contribution in [1.29, 1.82) is 0 Å². The van der Waals surface area contributed by atoms with Crippen LogP contribution in [0.15, 0.2) is 23.6 Å². The number of urea groups is 1. The maximum atomic E-state index is 13.0. The molecule has 0 bridgehead atoms. The number of aryl methyl sites for hydroxylation is 1. The van der Waals surface area contributed by atoms with Crippen LogP contribution in [0.1, 0.15) is 53.7 Å². The van der Waals surface area contributed by atoms with Crippen LogP contribution in [-0.2, 0) is 11.2 Å². The number of amides is 2. The van der Waals surface area contributed by atoms with Gasteiger partial charge in [0.25, 0.3) is 0 Å². The average Bonchev–Trinajstić information content (AvgIpc) is 3.09. The molecule has 3 rings (SSSR count). The highest BCUT2D eigenvalue weighted by atomic mass is 32.1. The Morgan fingerprint density at radius 3 is 2.64 bits per heavy atom. The second-order valence-corrected chi connectivity index (χ2v) is 7.90. The fraction of sp³-hybridized carbons (Fsp3) is 0.400. The third-order valence-corrected chi connectivity index (χ3v) is 5.58. The van der Waals surface area contributed by atoms with Crippen molar-refractivity contribution in [3.63, 3.8) is 0 Å². The van der Waals surface area contributed by atoms with Crippen molar-refractivity contribution in [2.24, 2.45) is 5.92 Å². The number of hydrogen-bond acceptors (Lipinski definition) is 5. The van der Waals surface area contributed by atoms with Crippen LogP contribution in [0.25, 0.3) is 0 Å². The van der Waals surface area contributed by atoms with Crippen molar-refractivity contribution in [3.8, 4) is 0 Å². The molecule has 0 atom stereocenters. The van der Waals surface area contributed by atoms with E-state index in [1.165, 1.54) is 6.42 Å². The first-order valence-electron chi connectivity index (χ1n) is 9.31. The summed E-state index contributed by atoms with van der Waals surface area (Å²) < 4.78 is 0. The number of rotatable bonds is 6. The van der Waals surface area contributed by atoms with Crippen LogP contribution >= 0.6 is 11.3 Å². The minimum Gasteiger partial charge on any atom is -0.481 e. The van der Waals surface area contributed by atoms with E-state index in [9.17, 15) is 14.4 Å². The standard InChI is InChI=1S/C20H23N3O4S/c1-12-7-8-16(15(9-12)18(26)13-5-3-2-4-6-13)22-19(27)23-20-21-14(11-28-20)10-17(24)25/h7-9,11,13H,2-6,10H2,1H3,(H,24,25)(H2,21,22,23,27). The molecule has 3 N–H and O–H groups in total. The van der Waals surface area contributed by atoms with Crippen molar-refractivity contribution < 1.29 is 19.5 Å². The van der Waals surface area contributed by atoms with E-state index in [1.54, 1.807) is 11.4 Å². The van der Waals surface area contributed by atoms with E-state index >= 15 is 0 Å². The Labute approximate surface area is 167 Å². The predicted molar refractivity (Wildman–Crippen MR) is 108 cm³/mol. The zero-order chi connectivity index (χ0) is 20.1. The summed E-state index contributed by atoms with van der Waals surface area (Å²) in [5.41, 5.74) is 2.35. The Morgan fingerprint density at radius 2 is 1.93 bits per heavy atom. The molecule has 7 nitrogen and oxygen atoms in total. The van der Waals surface area contributed by atoms with Gasteiger partial charge in [-0.05, 0) is 31.9 Å². The van der Waals surface area contributed by atoms with Gasteiger partial charge in [0.05, 0.1) is 17.8 Å². The van der Waals surface area contributed by atoms with Gasteiger partial charge in [-0.3, -0.25) is 14.9 Å². The number of nitrogens with one attached hydrogen (secondary N) is 2. The maximum Gasteiger partial charge on any atom is 0.325 e. The fourth-order valence-corrected chi connectivity index (χ4v) is 4.11. The molecule has 0 aliphatic heterocycles. The van der Waals surface area contributed by atoms with Crippen LogP contribution < -0.4 is 10.6 Å². The number of carboxylic acids is 1. The highest BCUT2D eigenvalue weighted by Crippen LogP contribution is 2.30. The van der Waals surface area contributed by atoms with Crippen LogP contribution in [0.3, 0.4) is 0 Å². The summed E-state index contributed by atoms with van der Waals surface area (Å²) in [6.07, 6.45) is 4.89. The van der Waals surface area contributed by atoms with E-state index in [1.807, 2.05) is 19.1 Å². The molecule has 28 heavy (non-hydrogen) atoms. The van der Waals surface area contributed by atoms with Gasteiger partial charge in [-0.2, -0.15) is 0 Å². The van der Waals surface area contributed by atoms with Crippen LogP contribution in [0.2, 0.25) is 0 Å². The van der Waals surface area contributed by atoms with Crippen LogP contribution in [0.4, 0.5) is 15.6 Å². The fourth-order valence-electron chi connectivity index (χ4n) is 3.41. The molecule has 1 aromatic carbocycles. The molecule has 1 aliphatic carbocycles. The number of thiazole rings is 1. The summed E-state index contributed by atoms with van der Waals surface area (Å²) >= 11 is 1.15. The Bertz CT molecular complexity index is 887. The number of aliphatic carboxylic acids is 1. The van der Waals surface area contributed by atoms with Crippen LogP contribution in [-0.4, -0.2) is 27.9 Å². The number of aromatic nitrogens is 1. The Balaban J connectivity index is 1.71. The molecule has 1 aromatic heterocycles. The van der Waals surface area contributed by atoms with E-state index in [2.05, 4.69) is 15.6 Å². The average molecular weight is 401 g/mol. The molecule has 1 saturated carbocycles. The van der Waals surface area contributed by atoms with Gasteiger partial charge < -0.3 is 10.4 Å². The molecule has 1 fully saturated rings. The van der Waals surface area contributed by atoms with Gasteiger partial charge in [0.2, 0.25) is 0 Å². The number of nitrogens with zero attached hydrogens (tertiary/aromatic N) is 1. The Hall–Kier alpha value is -2.74. The summed E-state index contributed by atoms with van der Waals surface area (Å²) in [5.74, 6) is -0.889. The topological polar surface area (TPSA) is 108 Å². The molecule has 1 aliphatic rings. The molecule has 0 spiro atoms. The van der Waals surface area contributed by atoms with Crippen molar-refractivity contribution in [2.45, 2.75) is 45.4 Å². The number of benzene rings is 1. The SMILES string of the molecule is Cc1ccc(NC(=O)Nc2nc(CC(=O)O)cs2)c(C(=O)C2CCCCC2)c1. The second kappa shape index (κ2) is 8.97. The zero-order valence-corrected chi connectivity index (χ0v) is 16.5. The molecule has 148 valence electrons. The lowest BCUT2D eigenvalue weighted by atomic mass is 9.83. The highest BCUT2D eigenvalue weighted by molar-refractivity contribution is 7.14. The molecule has 2 aromatic rings. The quantitative estimate of drug-likeness (QED) is 0.618. The van der Waals surface area contributed by atoms with E-state index in [-0.39, 0.29) is 18.1 Å². The van der Waals surface area contributed by atoms with Gasteiger partial charge in [0.15, 0.2) is 10.9 Å². The summed E-state index contributed by atoms with van der Waals surface area (Å²) in [5, 5.41) is 16.0. The van der Waals surface area contributed by atoms with Crippen molar-refractivity contribution in [1.82, 2.24) is 4.98 Å². The van der Waals surface area contributed by atoms with Gasteiger partial charge in [-0.1, -0.05) is 30.9 Å². The van der Waals surface area contributed by atoms with Crippen LogP contribution in [0, 0.1) is 12.8 Å². The highest BCUT2D eigenvalue weighted by Gasteiger charge is 2.25. The number of carbonyl (C=O) groups excluding carboxylic acids is 2. The van der Waals surface area contributed by atoms with Crippen LogP contribution in [0.5, 0.6) is 0 Å². The lowest BCUT2D eigenvalue weighted by Gasteiger charge is -2.22. The lowest BCUT2D eigenvalue weighted by molar-refractivity contribution is -0.136. The molecule has 1 heterocycles. The van der Waals surface area contributed by atoms with Gasteiger partial charge in [-0.25, -0.2) is 9.78 Å². The second-order valence-electron chi connectivity index (χ2n) is 7.04. The molecule has 2 amide bonds. The number of anilines is 2. The first-order valence-corrected chi connectivity index (χ1v) is 10.2. The monoisotopic (exact) mass is 401 g/mol. The summed E-state index contributed by atoms with van der Waals surface area (Å²) in [4.78, 5) is 40.2. The van der Waals surface area contributed by atoms with Crippen molar-refractivity contribution in [2.75, 3.05) is 10.6 Å². The van der Waals surface area contributed by atoms with Gasteiger partial charge in [0.1, 0.15) is 0 Å². The normalized spacial score (nSPS) is 14.5. The predicted octanol–water partition coefficient (Wildman–Crippen LogP) is 4.49. The molecule has 8 heteroatoms. The summed E-state index contributed by atoms with van der Waals surface area (Å²) in [6, 6.07) is 4.89. The number of Topliss-reactive ketones (excluding diaryl/α,β-unsaturated/α-hetero) is 1. The van der Waals surface area contributed by atoms with Gasteiger partial charge in [-0.15, -0.1) is 11.3 Å². The smallest absolute Gasteiger partial charge is 0.325 e. The molecule has 0 saturated heterocycles. The number of carbonyl (C=O) groups is 3. The largest absolute Gasteiger partial charge is 0.481 e. The van der Waals surface area contributed by atoms with Crippen molar-refractivity contribution in [3.05, 3.63) is 40.4 Å². The third-order valence-electron chi connectivity index (χ3n) is 4.77. The van der Waals surface area contributed by atoms with E-state index in [4.69, 9.17) is 5.11 Å². The third kappa shape index (κ3) is 5.16. The number of carboxylic acid groups (broad SMARTS) is 1. The molecular formula is C20H23N3O4S. The minimum atomic E-state index is -0.980. The molecule has 0 radical (unpaired) electrons. The zero-order valence-electron chi connectivity index (χ0n) is 15.7. The summed E-state index contributed by atoms with van der Waals surface area (Å²) in [7, 11) is 0. The molecule has 0 unspecified atom stereocenters. The van der Waals surface area contributed by atoms with Crippen molar-refractivity contribution >= 4 is 39.9 Å². The lowest BCUT2D eigenvalue weighted by Crippen LogP contribution is -2.23. The summed E-state index contributed by atoms with van der Waals surface area (Å²) in [6.45, 7) is 1.92. The van der Waals surface area contributed by atoms with E-state index < -0.39 is 12.0 Å². The maximum absolute atomic E-state index is 13.0. The minimum absolute atomic E-state index is 0.0108. The number of ketones is 1. The van der Waals surface area contributed by atoms with E-state index in [0.29, 0.717) is 22.1 Å².